The van der Waals surface area contributed by atoms with E-state index in [9.17, 15) is 17.6 Å². The van der Waals surface area contributed by atoms with Gasteiger partial charge < -0.3 is 49.7 Å². The molecule has 0 radical (unpaired) electrons. The molecule has 27 nitrogen and oxygen atoms in total. The Balaban J connectivity index is 0.000000113. The first-order chi connectivity index (χ1) is 58.0. The van der Waals surface area contributed by atoms with Crippen LogP contribution in [0.25, 0.3) is 71.9 Å². The van der Waals surface area contributed by atoms with E-state index >= 15 is 0 Å². The highest BCUT2D eigenvalue weighted by Gasteiger charge is 2.27. The zero-order chi connectivity index (χ0) is 82.0. The molecule has 0 atom stereocenters. The highest BCUT2D eigenvalue weighted by Crippen LogP contribution is 2.38. The van der Waals surface area contributed by atoms with Gasteiger partial charge in [-0.3, -0.25) is 32.6 Å². The number of nitrogens with zero attached hydrogens (tertiary/aromatic N) is 17. The van der Waals surface area contributed by atoms with Crippen LogP contribution in [0.3, 0.4) is 0 Å². The van der Waals surface area contributed by atoms with Crippen molar-refractivity contribution in [3.8, 4) is 79.1 Å². The van der Waals surface area contributed by atoms with Gasteiger partial charge in [-0.15, -0.1) is 0 Å². The minimum absolute atomic E-state index is 0.234. The third-order valence-electron chi connectivity index (χ3n) is 20.8. The number of aryl methyl sites for hydroxylation is 5. The van der Waals surface area contributed by atoms with Crippen LogP contribution in [0.1, 0.15) is 72.8 Å². The zero-order valence-electron chi connectivity index (χ0n) is 65.7. The minimum atomic E-state index is -0.261. The molecule has 119 heavy (non-hydrogen) atoms. The molecule has 0 amide bonds. The Hall–Kier alpha value is -14.8. The van der Waals surface area contributed by atoms with Gasteiger partial charge in [0.1, 0.15) is 74.6 Å². The van der Waals surface area contributed by atoms with E-state index in [0.717, 1.165) is 141 Å². The van der Waals surface area contributed by atoms with Crippen LogP contribution < -0.4 is 49.7 Å². The summed E-state index contributed by atoms with van der Waals surface area (Å²) in [6.45, 7) is 20.4. The second-order valence-electron chi connectivity index (χ2n) is 28.6. The number of ether oxygens (including phenoxy) is 6. The summed E-state index contributed by atoms with van der Waals surface area (Å²) in [5.41, 5.74) is 20.8. The fraction of sp³-hybridized carbons (Fsp3) is 0.216. The number of nitrogens with one attached hydrogen (secondary N) is 4. The van der Waals surface area contributed by atoms with E-state index in [1.165, 1.54) is 30.5 Å². The van der Waals surface area contributed by atoms with E-state index in [1.807, 2.05) is 102 Å². The average molecular weight is 1600 g/mol. The molecule has 0 saturated carbocycles. The molecule has 0 saturated heterocycles. The van der Waals surface area contributed by atoms with Gasteiger partial charge in [-0.1, -0.05) is 0 Å². The largest absolute Gasteiger partial charge is 0.495 e. The van der Waals surface area contributed by atoms with Gasteiger partial charge in [-0.2, -0.15) is 0 Å². The maximum atomic E-state index is 14.5. The van der Waals surface area contributed by atoms with Crippen molar-refractivity contribution in [2.24, 2.45) is 0 Å². The Morgan fingerprint density at radius 1 is 0.378 bits per heavy atom. The lowest BCUT2D eigenvalue weighted by molar-refractivity contribution is 0.356. The summed E-state index contributed by atoms with van der Waals surface area (Å²) in [7, 11) is 3.18. The van der Waals surface area contributed by atoms with Crippen molar-refractivity contribution < 1.29 is 46.0 Å². The first-order valence-electron chi connectivity index (χ1n) is 38.3. The highest BCUT2D eigenvalue weighted by molar-refractivity contribution is 5.82. The lowest BCUT2D eigenvalue weighted by Crippen LogP contribution is -2.09. The van der Waals surface area contributed by atoms with Crippen molar-refractivity contribution in [1.29, 1.82) is 0 Å². The fourth-order valence-electron chi connectivity index (χ4n) is 15.1. The molecule has 0 bridgehead atoms. The van der Waals surface area contributed by atoms with Gasteiger partial charge in [0.15, 0.2) is 0 Å². The summed E-state index contributed by atoms with van der Waals surface area (Å²) >= 11 is 0. The summed E-state index contributed by atoms with van der Waals surface area (Å²) in [5, 5.41) is 13.1. The molecule has 12 aromatic heterocycles. The van der Waals surface area contributed by atoms with Crippen molar-refractivity contribution in [3.63, 3.8) is 0 Å². The first-order valence-corrected chi connectivity index (χ1v) is 38.3. The summed E-state index contributed by atoms with van der Waals surface area (Å²) < 4.78 is 98.0. The van der Waals surface area contributed by atoms with E-state index in [1.54, 1.807) is 100 Å². The Morgan fingerprint density at radius 2 is 0.723 bits per heavy atom. The maximum Gasteiger partial charge on any atom is 0.212 e. The van der Waals surface area contributed by atoms with E-state index in [2.05, 4.69) is 92.0 Å². The molecule has 4 aromatic carbocycles. The monoisotopic (exact) mass is 1600 g/mol. The predicted molar refractivity (Wildman–Crippen MR) is 440 cm³/mol. The van der Waals surface area contributed by atoms with Crippen LogP contribution in [0.2, 0.25) is 0 Å². The van der Waals surface area contributed by atoms with Crippen LogP contribution in [0.4, 0.5) is 47.0 Å². The minimum Gasteiger partial charge on any atom is -0.495 e. The number of halogens is 4. The Labute approximate surface area is 679 Å². The number of anilines is 4. The van der Waals surface area contributed by atoms with Crippen molar-refractivity contribution >= 4 is 52.1 Å². The molecule has 4 aliphatic heterocycles. The van der Waals surface area contributed by atoms with Crippen LogP contribution in [0.15, 0.2) is 172 Å². The number of hydrogen-bond donors (Lipinski definition) is 4. The van der Waals surface area contributed by atoms with Gasteiger partial charge >= 0.3 is 0 Å². The summed E-state index contributed by atoms with van der Waals surface area (Å²) in [6, 6.07) is 22.0. The number of benzene rings is 4. The standard InChI is InChI=1S/C22H17FN6O.2C22H20FN5O2.C22H20FN5O/c1-13-12-29-21(28-13)17(14-7-15(24-2)9-25-8-14)10-26-22(29)27-11-18-16-5-6-30-20(16)4-3-19(18)23;1-13-12-28-21(27-13)16(14-3-6-20(29-2)24-9-14)10-25-22(28)26-11-17-15-7-8-30-19(15)5-4-18(17)23;1-13-12-28-21(27-13)17(14-7-15(29-2)9-24-8-14)10-25-22(28)26-11-18-16-5-6-30-20(16)4-3-19(18)23;1-13-7-15(9-24-8-13)17-10-25-22(28-12-14(2)27-21(17)28)26-11-18-16-5-6-29-20(16)4-3-19(18)23/h3-4,7-10,12H,5-6,11H2,1H3,(H,26,27);3-6,9-10,12H,7-8,11H2,1-2H3,(H,25,26);3-4,7-10,12H,5-6,11H2,1-2H3,(H,25,26);3-4,7-10,12H,5-6,11H2,1-2H3,(H,25,26). The van der Waals surface area contributed by atoms with E-state index < -0.39 is 0 Å². The predicted octanol–water partition coefficient (Wildman–Crippen LogP) is 16.0. The Morgan fingerprint density at radius 3 is 1.06 bits per heavy atom. The third-order valence-corrected chi connectivity index (χ3v) is 20.8. The van der Waals surface area contributed by atoms with E-state index in [-0.39, 0.29) is 29.8 Å². The van der Waals surface area contributed by atoms with E-state index in [0.29, 0.717) is 134 Å². The van der Waals surface area contributed by atoms with Crippen LogP contribution in [0.5, 0.6) is 34.6 Å². The van der Waals surface area contributed by atoms with E-state index in [4.69, 9.17) is 35.0 Å². The number of imidazole rings is 4. The van der Waals surface area contributed by atoms with Gasteiger partial charge in [0.2, 0.25) is 35.4 Å². The second-order valence-corrected chi connectivity index (χ2v) is 28.6. The number of rotatable bonds is 18. The zero-order valence-corrected chi connectivity index (χ0v) is 65.7. The van der Waals surface area contributed by atoms with Crippen LogP contribution in [-0.2, 0) is 51.9 Å². The molecule has 20 rings (SSSR count). The molecule has 0 spiro atoms. The molecule has 598 valence electrons. The Kier molecular flexibility index (Phi) is 21.4. The number of pyridine rings is 4. The molecule has 0 unspecified atom stereocenters. The number of fused-ring (bicyclic) bond motifs is 8. The summed E-state index contributed by atoms with van der Waals surface area (Å²) in [6.07, 6.45) is 29.4. The molecule has 0 fully saturated rings. The molecule has 16 aromatic rings. The number of aromatic nitrogens is 16. The van der Waals surface area contributed by atoms with Gasteiger partial charge in [0.25, 0.3) is 0 Å². The van der Waals surface area contributed by atoms with Crippen molar-refractivity contribution in [3.05, 3.63) is 279 Å². The lowest BCUT2D eigenvalue weighted by Gasteiger charge is -2.13. The highest BCUT2D eigenvalue weighted by atomic mass is 19.1. The van der Waals surface area contributed by atoms with Gasteiger partial charge in [0, 0.05) is 228 Å². The summed E-state index contributed by atoms with van der Waals surface area (Å²) in [5.74, 6) is 5.58. The summed E-state index contributed by atoms with van der Waals surface area (Å²) in [4.78, 5) is 57.3. The number of methoxy groups -OCH3 is 2. The molecule has 0 aliphatic carbocycles. The van der Waals surface area contributed by atoms with Crippen LogP contribution >= 0.6 is 0 Å². The fourth-order valence-corrected chi connectivity index (χ4v) is 15.1. The SMILES string of the molecule is COc1ccc(-c2cnc(NCc3c(F)ccc4c3CCO4)n3cc(C)nc23)cn1.COc1cncc(-c2cnc(NCc3c(F)ccc4c3CCO4)n3cc(C)nc23)c1.Cc1cncc(-c2cnc(NCc3c(F)ccc4c3CCO4)n3cc(C)nc23)c1.[C-]#[N+]c1cncc(-c2cnc(NCc3c(F)ccc4c3CCO4)n3cc(C)nc23)c1. The molecule has 31 heteroatoms. The quantitative estimate of drug-likeness (QED) is 0.0459. The molecule has 4 N–H and O–H groups in total. The molecule has 4 aliphatic rings. The first kappa shape index (κ1) is 76.8. The molecule has 16 heterocycles. The lowest BCUT2D eigenvalue weighted by atomic mass is 10.0. The van der Waals surface area contributed by atoms with Crippen LogP contribution in [-0.4, -0.2) is 118 Å². The van der Waals surface area contributed by atoms with Crippen molar-refractivity contribution in [1.82, 2.24) is 77.4 Å². The van der Waals surface area contributed by atoms with Gasteiger partial charge in [0.05, 0.1) is 76.2 Å². The van der Waals surface area contributed by atoms with Gasteiger partial charge in [-0.25, -0.2) is 67.3 Å². The van der Waals surface area contributed by atoms with Crippen LogP contribution in [0, 0.1) is 64.5 Å². The smallest absolute Gasteiger partial charge is 0.212 e. The van der Waals surface area contributed by atoms with Gasteiger partial charge in [-0.05, 0) is 119 Å². The van der Waals surface area contributed by atoms with Crippen molar-refractivity contribution in [2.75, 3.05) is 61.9 Å². The normalized spacial score (nSPS) is 12.6. The Bertz CT molecular complexity index is 6620. The third kappa shape index (κ3) is 15.7. The topological polar surface area (TPSA) is 280 Å². The molecular formula is C88H77F4N21O6. The van der Waals surface area contributed by atoms with Crippen molar-refractivity contribution in [2.45, 2.75) is 86.5 Å². The maximum absolute atomic E-state index is 14.5. The average Bonchev–Trinajstić information content (AvgIpc) is 1.66. The molecular weight excluding hydrogens is 1520 g/mol. The second kappa shape index (κ2) is 33.2. The number of hydrogen-bond acceptors (Lipinski definition) is 22.